The molecule has 1 aromatic rings. The zero-order valence-electron chi connectivity index (χ0n) is 11.6. The third-order valence-electron chi connectivity index (χ3n) is 2.45. The van der Waals surface area contributed by atoms with Gasteiger partial charge in [-0.2, -0.15) is 0 Å². The minimum absolute atomic E-state index is 0.156. The molecule has 0 aliphatic heterocycles. The molecule has 112 valence electrons. The van der Waals surface area contributed by atoms with E-state index in [1.165, 1.54) is 13.2 Å². The maximum absolute atomic E-state index is 11.4. The van der Waals surface area contributed by atoms with Gasteiger partial charge >= 0.3 is 5.97 Å². The highest BCUT2D eigenvalue weighted by molar-refractivity contribution is 8.13. The summed E-state index contributed by atoms with van der Waals surface area (Å²) in [6, 6.07) is 6.48. The Morgan fingerprint density at radius 3 is 2.55 bits per heavy atom. The fourth-order valence-corrected chi connectivity index (χ4v) is 3.52. The van der Waals surface area contributed by atoms with Crippen LogP contribution in [0, 0.1) is 5.41 Å². The second-order valence-electron chi connectivity index (χ2n) is 5.16. The lowest BCUT2D eigenvalue weighted by Gasteiger charge is -2.23. The van der Waals surface area contributed by atoms with E-state index in [1.807, 2.05) is 0 Å². The summed E-state index contributed by atoms with van der Waals surface area (Å²) in [4.78, 5) is 11.4. The standard InChI is InChI=1S/C13H17ClO5S/c1-13(2,9-20(14,16)17)8-19-11-6-4-5-10(7-11)12(15)18-3/h4-7H,8-9H2,1-3H3. The van der Waals surface area contributed by atoms with Crippen molar-refractivity contribution in [2.24, 2.45) is 5.41 Å². The van der Waals surface area contributed by atoms with Crippen molar-refractivity contribution in [3.63, 3.8) is 0 Å². The van der Waals surface area contributed by atoms with Crippen LogP contribution < -0.4 is 4.74 Å². The van der Waals surface area contributed by atoms with E-state index >= 15 is 0 Å². The van der Waals surface area contributed by atoms with Crippen molar-refractivity contribution in [3.05, 3.63) is 29.8 Å². The SMILES string of the molecule is COC(=O)c1cccc(OCC(C)(C)CS(=O)(=O)Cl)c1. The first-order chi connectivity index (χ1) is 9.13. The Bertz CT molecular complexity index is 580. The molecule has 0 radical (unpaired) electrons. The lowest BCUT2D eigenvalue weighted by atomic mass is 9.98. The van der Waals surface area contributed by atoms with E-state index in [1.54, 1.807) is 32.0 Å². The summed E-state index contributed by atoms with van der Waals surface area (Å²) in [5.41, 5.74) is -0.269. The minimum atomic E-state index is -3.59. The van der Waals surface area contributed by atoms with Gasteiger partial charge in [-0.05, 0) is 18.2 Å². The molecular formula is C13H17ClO5S. The first-order valence-electron chi connectivity index (χ1n) is 5.86. The maximum Gasteiger partial charge on any atom is 0.337 e. The maximum atomic E-state index is 11.4. The molecule has 0 spiro atoms. The number of hydrogen-bond donors (Lipinski definition) is 0. The van der Waals surface area contributed by atoms with Gasteiger partial charge in [-0.1, -0.05) is 19.9 Å². The number of esters is 1. The summed E-state index contributed by atoms with van der Waals surface area (Å²) >= 11 is 0. The zero-order chi connectivity index (χ0) is 15.4. The van der Waals surface area contributed by atoms with Gasteiger partial charge < -0.3 is 9.47 Å². The molecule has 20 heavy (non-hydrogen) atoms. The lowest BCUT2D eigenvalue weighted by Crippen LogP contribution is -2.28. The van der Waals surface area contributed by atoms with Crippen LogP contribution in [0.3, 0.4) is 0 Å². The van der Waals surface area contributed by atoms with Crippen LogP contribution in [0.5, 0.6) is 5.75 Å². The number of benzene rings is 1. The largest absolute Gasteiger partial charge is 0.493 e. The molecule has 0 unspecified atom stereocenters. The summed E-state index contributed by atoms with van der Waals surface area (Å²) in [6.07, 6.45) is 0. The van der Waals surface area contributed by atoms with Crippen molar-refractivity contribution < 1.29 is 22.7 Å². The highest BCUT2D eigenvalue weighted by atomic mass is 35.7. The molecule has 0 N–H and O–H groups in total. The molecule has 0 saturated carbocycles. The van der Waals surface area contributed by atoms with Crippen LogP contribution >= 0.6 is 10.7 Å². The van der Waals surface area contributed by atoms with Crippen LogP contribution in [0.1, 0.15) is 24.2 Å². The quantitative estimate of drug-likeness (QED) is 0.595. The summed E-state index contributed by atoms with van der Waals surface area (Å²) < 4.78 is 32.3. The van der Waals surface area contributed by atoms with Crippen molar-refractivity contribution in [2.45, 2.75) is 13.8 Å². The van der Waals surface area contributed by atoms with Crippen molar-refractivity contribution >= 4 is 25.7 Å². The molecule has 0 aliphatic rings. The topological polar surface area (TPSA) is 69.7 Å². The summed E-state index contributed by atoms with van der Waals surface area (Å²) in [5.74, 6) is -0.191. The van der Waals surface area contributed by atoms with Crippen LogP contribution in [0.15, 0.2) is 24.3 Å². The molecule has 0 bridgehead atoms. The van der Waals surface area contributed by atoms with E-state index in [4.69, 9.17) is 15.4 Å². The molecule has 0 aliphatic carbocycles. The Morgan fingerprint density at radius 1 is 1.35 bits per heavy atom. The molecule has 7 heteroatoms. The zero-order valence-corrected chi connectivity index (χ0v) is 13.1. The van der Waals surface area contributed by atoms with Crippen molar-refractivity contribution in [2.75, 3.05) is 19.5 Å². The monoisotopic (exact) mass is 320 g/mol. The third-order valence-corrected chi connectivity index (χ3v) is 3.90. The molecule has 0 aromatic heterocycles. The fourth-order valence-electron chi connectivity index (χ4n) is 1.62. The number of methoxy groups -OCH3 is 1. The van der Waals surface area contributed by atoms with E-state index in [9.17, 15) is 13.2 Å². The molecule has 1 rings (SSSR count). The Kier molecular flexibility index (Phi) is 5.42. The molecule has 0 amide bonds. The lowest BCUT2D eigenvalue weighted by molar-refractivity contribution is 0.0600. The van der Waals surface area contributed by atoms with Gasteiger partial charge in [0, 0.05) is 16.1 Å². The number of hydrogen-bond acceptors (Lipinski definition) is 5. The van der Waals surface area contributed by atoms with Crippen molar-refractivity contribution in [3.8, 4) is 5.75 Å². The number of halogens is 1. The van der Waals surface area contributed by atoms with Crippen LogP contribution in [0.2, 0.25) is 0 Å². The Hall–Kier alpha value is -1.27. The van der Waals surface area contributed by atoms with Gasteiger partial charge in [0.25, 0.3) is 0 Å². The average Bonchev–Trinajstić information content (AvgIpc) is 2.33. The van der Waals surface area contributed by atoms with E-state index in [0.717, 1.165) is 0 Å². The normalized spacial score (nSPS) is 12.0. The van der Waals surface area contributed by atoms with Gasteiger partial charge in [-0.15, -0.1) is 0 Å². The molecule has 0 fully saturated rings. The van der Waals surface area contributed by atoms with Gasteiger partial charge in [0.1, 0.15) is 5.75 Å². The van der Waals surface area contributed by atoms with E-state index < -0.39 is 20.4 Å². The molecular weight excluding hydrogens is 304 g/mol. The Labute approximate surface area is 123 Å². The Morgan fingerprint density at radius 2 is 2.00 bits per heavy atom. The van der Waals surface area contributed by atoms with Gasteiger partial charge in [0.05, 0.1) is 25.0 Å². The second kappa shape index (κ2) is 6.45. The van der Waals surface area contributed by atoms with Crippen molar-refractivity contribution in [1.82, 2.24) is 0 Å². The smallest absolute Gasteiger partial charge is 0.337 e. The van der Waals surface area contributed by atoms with Crippen molar-refractivity contribution in [1.29, 1.82) is 0 Å². The molecule has 5 nitrogen and oxygen atoms in total. The highest BCUT2D eigenvalue weighted by Gasteiger charge is 2.26. The molecule has 1 aromatic carbocycles. The summed E-state index contributed by atoms with van der Waals surface area (Å²) in [5, 5.41) is 0. The number of rotatable bonds is 6. The van der Waals surface area contributed by atoms with Crippen LogP contribution in [0.25, 0.3) is 0 Å². The third kappa shape index (κ3) is 5.79. The minimum Gasteiger partial charge on any atom is -0.493 e. The van der Waals surface area contributed by atoms with Crippen LogP contribution in [-0.4, -0.2) is 33.9 Å². The number of ether oxygens (including phenoxy) is 2. The molecule has 0 atom stereocenters. The van der Waals surface area contributed by atoms with Gasteiger partial charge in [-0.3, -0.25) is 0 Å². The summed E-state index contributed by atoms with van der Waals surface area (Å²) in [6.45, 7) is 3.62. The van der Waals surface area contributed by atoms with Gasteiger partial charge in [0.2, 0.25) is 9.05 Å². The molecule has 0 heterocycles. The number of carbonyl (C=O) groups is 1. The van der Waals surface area contributed by atoms with E-state index in [0.29, 0.717) is 11.3 Å². The number of carbonyl (C=O) groups excluding carboxylic acids is 1. The fraction of sp³-hybridized carbons (Fsp3) is 0.462. The first-order valence-corrected chi connectivity index (χ1v) is 8.34. The van der Waals surface area contributed by atoms with E-state index in [-0.39, 0.29) is 12.4 Å². The van der Waals surface area contributed by atoms with E-state index in [2.05, 4.69) is 4.74 Å². The Balaban J connectivity index is 2.73. The van der Waals surface area contributed by atoms with Gasteiger partial charge in [0.15, 0.2) is 0 Å². The average molecular weight is 321 g/mol. The van der Waals surface area contributed by atoms with Gasteiger partial charge in [-0.25, -0.2) is 13.2 Å². The predicted octanol–water partition coefficient (Wildman–Crippen LogP) is 2.45. The predicted molar refractivity (Wildman–Crippen MR) is 76.7 cm³/mol. The summed E-state index contributed by atoms with van der Waals surface area (Å²) in [7, 11) is 2.94. The highest BCUT2D eigenvalue weighted by Crippen LogP contribution is 2.23. The van der Waals surface area contributed by atoms with Crippen LogP contribution in [-0.2, 0) is 13.8 Å². The first kappa shape index (κ1) is 16.8. The second-order valence-corrected chi connectivity index (χ2v) is 7.93. The van der Waals surface area contributed by atoms with Crippen LogP contribution in [0.4, 0.5) is 0 Å². The molecule has 0 saturated heterocycles.